The molecule has 0 aliphatic carbocycles. The molecule has 0 saturated carbocycles. The van der Waals surface area contributed by atoms with Gasteiger partial charge in [0.25, 0.3) is 0 Å². The third-order valence-electron chi connectivity index (χ3n) is 2.45. The maximum absolute atomic E-state index is 12.4. The number of benzene rings is 1. The minimum atomic E-state index is -4.40. The van der Waals surface area contributed by atoms with Gasteiger partial charge in [0.05, 0.1) is 17.7 Å². The number of carbonyl (C=O) groups excluding carboxylic acids is 1. The Hall–Kier alpha value is -1.89. The maximum atomic E-state index is 12.4. The Morgan fingerprint density at radius 1 is 1.26 bits per heavy atom. The van der Waals surface area contributed by atoms with Crippen LogP contribution in [-0.4, -0.2) is 10.8 Å². The average molecular weight is 286 g/mol. The topological polar surface area (TPSA) is 56.0 Å². The highest BCUT2D eigenvalue weighted by Crippen LogP contribution is 2.29. The predicted octanol–water partition coefficient (Wildman–Crippen LogP) is 3.17. The second-order valence-corrected chi connectivity index (χ2v) is 4.74. The zero-order valence-corrected chi connectivity index (χ0v) is 10.4. The summed E-state index contributed by atoms with van der Waals surface area (Å²) in [5, 5.41) is 2.01. The summed E-state index contributed by atoms with van der Waals surface area (Å²) in [6.07, 6.45) is -4.37. The van der Waals surface area contributed by atoms with Crippen molar-refractivity contribution >= 4 is 22.3 Å². The highest BCUT2D eigenvalue weighted by atomic mass is 32.1. The molecule has 1 heterocycles. The number of alkyl halides is 3. The van der Waals surface area contributed by atoms with Crippen molar-refractivity contribution in [2.75, 3.05) is 5.73 Å². The van der Waals surface area contributed by atoms with Gasteiger partial charge in [-0.2, -0.15) is 13.2 Å². The van der Waals surface area contributed by atoms with Crippen molar-refractivity contribution in [2.45, 2.75) is 12.6 Å². The Bertz CT molecular complexity index is 590. The van der Waals surface area contributed by atoms with Crippen LogP contribution in [0.4, 0.5) is 18.3 Å². The summed E-state index contributed by atoms with van der Waals surface area (Å²) in [6, 6.07) is 4.12. The lowest BCUT2D eigenvalue weighted by molar-refractivity contribution is -0.137. The van der Waals surface area contributed by atoms with Gasteiger partial charge in [-0.05, 0) is 12.1 Å². The van der Waals surface area contributed by atoms with Crippen molar-refractivity contribution < 1.29 is 18.0 Å². The molecule has 0 aliphatic heterocycles. The molecule has 1 aromatic heterocycles. The molecule has 0 radical (unpaired) electrons. The van der Waals surface area contributed by atoms with E-state index in [2.05, 4.69) is 4.98 Å². The number of rotatable bonds is 3. The van der Waals surface area contributed by atoms with E-state index in [1.807, 2.05) is 0 Å². The third kappa shape index (κ3) is 3.31. The zero-order valence-electron chi connectivity index (χ0n) is 9.57. The molecule has 1 aromatic carbocycles. The van der Waals surface area contributed by atoms with E-state index in [9.17, 15) is 18.0 Å². The van der Waals surface area contributed by atoms with Gasteiger partial charge in [0.1, 0.15) is 0 Å². The van der Waals surface area contributed by atoms with Gasteiger partial charge >= 0.3 is 6.18 Å². The summed E-state index contributed by atoms with van der Waals surface area (Å²) in [5.41, 5.74) is 5.40. The summed E-state index contributed by atoms with van der Waals surface area (Å²) in [4.78, 5) is 15.8. The number of nitrogen functional groups attached to an aromatic ring is 1. The van der Waals surface area contributed by atoms with Gasteiger partial charge in [-0.3, -0.25) is 4.79 Å². The van der Waals surface area contributed by atoms with Crippen molar-refractivity contribution in [3.63, 3.8) is 0 Å². The van der Waals surface area contributed by atoms with Gasteiger partial charge < -0.3 is 5.73 Å². The number of ketones is 1. The molecular weight excluding hydrogens is 277 g/mol. The molecule has 100 valence electrons. The second-order valence-electron chi connectivity index (χ2n) is 3.85. The monoisotopic (exact) mass is 286 g/mol. The fourth-order valence-corrected chi connectivity index (χ4v) is 2.08. The first kappa shape index (κ1) is 13.5. The molecule has 2 N–H and O–H groups in total. The van der Waals surface area contributed by atoms with Crippen LogP contribution in [0.25, 0.3) is 0 Å². The molecule has 2 rings (SSSR count). The van der Waals surface area contributed by atoms with E-state index < -0.39 is 11.7 Å². The summed E-state index contributed by atoms with van der Waals surface area (Å²) in [6.45, 7) is 0. The van der Waals surface area contributed by atoms with E-state index in [1.54, 1.807) is 5.38 Å². The van der Waals surface area contributed by atoms with Crippen LogP contribution in [0.2, 0.25) is 0 Å². The number of Topliss-reactive ketones (excluding diaryl/α,β-unsaturated/α-hetero) is 1. The molecule has 0 atom stereocenters. The molecule has 0 spiro atoms. The standard InChI is InChI=1S/C12H9F3N2OS/c13-12(14,15)8-3-1-7(2-4-8)10(18)5-9-6-19-11(16)17-9/h1-4,6H,5H2,(H2,16,17). The van der Waals surface area contributed by atoms with Gasteiger partial charge in [0.2, 0.25) is 0 Å². The van der Waals surface area contributed by atoms with E-state index in [0.29, 0.717) is 10.8 Å². The lowest BCUT2D eigenvalue weighted by Crippen LogP contribution is -2.07. The molecule has 0 fully saturated rings. The number of anilines is 1. The summed E-state index contributed by atoms with van der Waals surface area (Å²) in [7, 11) is 0. The number of nitrogens with zero attached hydrogens (tertiary/aromatic N) is 1. The quantitative estimate of drug-likeness (QED) is 0.882. The Balaban J connectivity index is 2.12. The number of hydrogen-bond donors (Lipinski definition) is 1. The normalized spacial score (nSPS) is 11.5. The predicted molar refractivity (Wildman–Crippen MR) is 66.0 cm³/mol. The van der Waals surface area contributed by atoms with E-state index in [-0.39, 0.29) is 17.8 Å². The third-order valence-corrected chi connectivity index (χ3v) is 3.17. The fourth-order valence-electron chi connectivity index (χ4n) is 1.52. The van der Waals surface area contributed by atoms with E-state index >= 15 is 0 Å². The number of hydrogen-bond acceptors (Lipinski definition) is 4. The van der Waals surface area contributed by atoms with Crippen molar-refractivity contribution in [3.8, 4) is 0 Å². The molecule has 0 unspecified atom stereocenters. The number of thiazole rings is 1. The molecular formula is C12H9F3N2OS. The van der Waals surface area contributed by atoms with Crippen LogP contribution in [0.1, 0.15) is 21.6 Å². The first-order valence-electron chi connectivity index (χ1n) is 5.26. The minimum Gasteiger partial charge on any atom is -0.375 e. The Morgan fingerprint density at radius 2 is 1.89 bits per heavy atom. The van der Waals surface area contributed by atoms with Crippen LogP contribution in [0.3, 0.4) is 0 Å². The summed E-state index contributed by atoms with van der Waals surface area (Å²) in [5.74, 6) is -0.293. The highest BCUT2D eigenvalue weighted by molar-refractivity contribution is 7.13. The molecule has 19 heavy (non-hydrogen) atoms. The number of nitrogens with two attached hydrogens (primary N) is 1. The van der Waals surface area contributed by atoms with Crippen LogP contribution < -0.4 is 5.73 Å². The SMILES string of the molecule is Nc1nc(CC(=O)c2ccc(C(F)(F)F)cc2)cs1. The van der Waals surface area contributed by atoms with Crippen molar-refractivity contribution in [1.82, 2.24) is 4.98 Å². The molecule has 0 aliphatic rings. The highest BCUT2D eigenvalue weighted by Gasteiger charge is 2.30. The minimum absolute atomic E-state index is 0.0268. The fraction of sp³-hybridized carbons (Fsp3) is 0.167. The van der Waals surface area contributed by atoms with Gasteiger partial charge in [-0.1, -0.05) is 12.1 Å². The Kier molecular flexibility index (Phi) is 3.57. The van der Waals surface area contributed by atoms with E-state index in [4.69, 9.17) is 5.73 Å². The van der Waals surface area contributed by atoms with Crippen LogP contribution in [0.5, 0.6) is 0 Å². The second kappa shape index (κ2) is 5.00. The molecule has 0 saturated heterocycles. The molecule has 0 amide bonds. The smallest absolute Gasteiger partial charge is 0.375 e. The molecule has 7 heteroatoms. The Labute approximate surface area is 110 Å². The molecule has 0 bridgehead atoms. The number of carbonyl (C=O) groups is 1. The van der Waals surface area contributed by atoms with Crippen LogP contribution in [-0.2, 0) is 12.6 Å². The average Bonchev–Trinajstić information content (AvgIpc) is 2.74. The molecule has 3 nitrogen and oxygen atoms in total. The van der Waals surface area contributed by atoms with Crippen LogP contribution >= 0.6 is 11.3 Å². The zero-order chi connectivity index (χ0) is 14.0. The number of aromatic nitrogens is 1. The van der Waals surface area contributed by atoms with Crippen molar-refractivity contribution in [2.24, 2.45) is 0 Å². The van der Waals surface area contributed by atoms with Crippen LogP contribution in [0, 0.1) is 0 Å². The Morgan fingerprint density at radius 3 is 2.37 bits per heavy atom. The van der Waals surface area contributed by atoms with Crippen molar-refractivity contribution in [3.05, 3.63) is 46.5 Å². The van der Waals surface area contributed by atoms with Crippen molar-refractivity contribution in [1.29, 1.82) is 0 Å². The maximum Gasteiger partial charge on any atom is 0.416 e. The number of halogens is 3. The molecule has 2 aromatic rings. The first-order valence-corrected chi connectivity index (χ1v) is 6.14. The van der Waals surface area contributed by atoms with E-state index in [1.165, 1.54) is 23.5 Å². The van der Waals surface area contributed by atoms with Crippen LogP contribution in [0.15, 0.2) is 29.6 Å². The van der Waals surface area contributed by atoms with Gasteiger partial charge in [-0.25, -0.2) is 4.98 Å². The lowest BCUT2D eigenvalue weighted by atomic mass is 10.0. The summed E-state index contributed by atoms with van der Waals surface area (Å²) >= 11 is 1.21. The van der Waals surface area contributed by atoms with Gasteiger partial charge in [-0.15, -0.1) is 11.3 Å². The van der Waals surface area contributed by atoms with E-state index in [0.717, 1.165) is 12.1 Å². The first-order chi connectivity index (χ1) is 8.86. The lowest BCUT2D eigenvalue weighted by Gasteiger charge is -2.06. The summed E-state index contributed by atoms with van der Waals surface area (Å²) < 4.78 is 37.1. The largest absolute Gasteiger partial charge is 0.416 e. The van der Waals surface area contributed by atoms with Gasteiger partial charge in [0.15, 0.2) is 10.9 Å². The van der Waals surface area contributed by atoms with Gasteiger partial charge in [0, 0.05) is 10.9 Å².